The van der Waals surface area contributed by atoms with E-state index in [9.17, 15) is 0 Å². The van der Waals surface area contributed by atoms with E-state index in [1.165, 1.54) is 11.1 Å². The maximum atomic E-state index is 4.60. The molecule has 0 saturated carbocycles. The number of hydrogen-bond acceptors (Lipinski definition) is 6. The normalized spacial score (nSPS) is 17.3. The van der Waals surface area contributed by atoms with Crippen molar-refractivity contribution in [2.45, 2.75) is 32.4 Å². The van der Waals surface area contributed by atoms with E-state index in [0.717, 1.165) is 53.7 Å². The van der Waals surface area contributed by atoms with Crippen LogP contribution < -0.4 is 10.9 Å². The Bertz CT molecular complexity index is 1240. The SMILES string of the molecule is CCN(C)NC(C)c1ncc(-c2ccc(-c3ccc(-c4cnc(C5CCN(C)N5)[nH]4)cc3)cc2)[nH]1. The minimum Gasteiger partial charge on any atom is -0.341 e. The van der Waals surface area contributed by atoms with E-state index in [1.54, 1.807) is 0 Å². The van der Waals surface area contributed by atoms with Crippen LogP contribution in [0.5, 0.6) is 0 Å². The molecule has 1 saturated heterocycles. The van der Waals surface area contributed by atoms with E-state index in [-0.39, 0.29) is 12.1 Å². The molecule has 8 nitrogen and oxygen atoms in total. The number of rotatable bonds is 8. The van der Waals surface area contributed by atoms with Crippen molar-refractivity contribution in [3.05, 3.63) is 72.6 Å². The predicted molar refractivity (Wildman–Crippen MR) is 140 cm³/mol. The van der Waals surface area contributed by atoms with Crippen LogP contribution in [0.2, 0.25) is 0 Å². The molecule has 182 valence electrons. The van der Waals surface area contributed by atoms with Crippen molar-refractivity contribution in [3.8, 4) is 33.6 Å². The van der Waals surface area contributed by atoms with Gasteiger partial charge in [-0.15, -0.1) is 0 Å². The van der Waals surface area contributed by atoms with Crippen LogP contribution in [0.15, 0.2) is 60.9 Å². The molecule has 1 aliphatic heterocycles. The number of benzene rings is 2. The fourth-order valence-electron chi connectivity index (χ4n) is 4.45. The lowest BCUT2D eigenvalue weighted by atomic mass is 10.0. The molecule has 35 heavy (non-hydrogen) atoms. The van der Waals surface area contributed by atoms with Crippen LogP contribution in [-0.4, -0.2) is 57.1 Å². The molecule has 0 spiro atoms. The molecule has 2 aromatic carbocycles. The second-order valence-electron chi connectivity index (χ2n) is 9.28. The molecule has 1 fully saturated rings. The molecule has 3 heterocycles. The maximum absolute atomic E-state index is 4.60. The van der Waals surface area contributed by atoms with E-state index in [2.05, 4.69) is 110 Å². The Morgan fingerprint density at radius 1 is 0.943 bits per heavy atom. The van der Waals surface area contributed by atoms with E-state index in [1.807, 2.05) is 19.4 Å². The van der Waals surface area contributed by atoms with Gasteiger partial charge in [0.25, 0.3) is 0 Å². The number of aromatic nitrogens is 4. The second kappa shape index (κ2) is 10.1. The number of nitrogens with zero attached hydrogens (tertiary/aromatic N) is 4. The van der Waals surface area contributed by atoms with Crippen molar-refractivity contribution in [3.63, 3.8) is 0 Å². The van der Waals surface area contributed by atoms with E-state index in [4.69, 9.17) is 0 Å². The third kappa shape index (κ3) is 5.21. The Balaban J connectivity index is 1.26. The van der Waals surface area contributed by atoms with Crippen molar-refractivity contribution in [1.82, 2.24) is 40.8 Å². The van der Waals surface area contributed by atoms with Crippen molar-refractivity contribution in [2.24, 2.45) is 0 Å². The summed E-state index contributed by atoms with van der Waals surface area (Å²) in [5.74, 6) is 1.92. The van der Waals surface area contributed by atoms with Gasteiger partial charge in [0.2, 0.25) is 0 Å². The van der Waals surface area contributed by atoms with Crippen LogP contribution in [0.1, 0.15) is 44.0 Å². The van der Waals surface area contributed by atoms with Gasteiger partial charge in [-0.2, -0.15) is 0 Å². The summed E-state index contributed by atoms with van der Waals surface area (Å²) in [4.78, 5) is 16.1. The standard InChI is InChI=1S/C27H34N8/c1-5-34(3)32-18(2)26-28-16-24(30-26)21-10-6-19(7-11-21)20-8-12-22(13-9-20)25-17-29-27(31-25)23-14-15-35(4)33-23/h6-13,16-18,23,32-33H,5,14-15H2,1-4H3,(H,28,30)(H,29,31). The van der Waals surface area contributed by atoms with Crippen LogP contribution in [0.4, 0.5) is 0 Å². The van der Waals surface area contributed by atoms with Gasteiger partial charge in [-0.25, -0.2) is 30.8 Å². The average Bonchev–Trinajstić information content (AvgIpc) is 3.65. The highest BCUT2D eigenvalue weighted by Crippen LogP contribution is 2.28. The third-order valence-electron chi connectivity index (χ3n) is 6.67. The molecular formula is C27H34N8. The zero-order valence-electron chi connectivity index (χ0n) is 20.8. The molecule has 2 unspecified atom stereocenters. The first kappa shape index (κ1) is 23.4. The smallest absolute Gasteiger partial charge is 0.125 e. The number of H-pyrrole nitrogens is 2. The molecular weight excluding hydrogens is 436 g/mol. The van der Waals surface area contributed by atoms with Crippen LogP contribution in [-0.2, 0) is 0 Å². The van der Waals surface area contributed by atoms with Crippen LogP contribution >= 0.6 is 0 Å². The van der Waals surface area contributed by atoms with Gasteiger partial charge in [0.05, 0.1) is 35.9 Å². The van der Waals surface area contributed by atoms with E-state index < -0.39 is 0 Å². The fraction of sp³-hybridized carbons (Fsp3) is 0.333. The number of hydrogen-bond donors (Lipinski definition) is 4. The average molecular weight is 471 g/mol. The summed E-state index contributed by atoms with van der Waals surface area (Å²) < 4.78 is 0. The lowest BCUT2D eigenvalue weighted by molar-refractivity contribution is 0.212. The number of aromatic amines is 2. The Kier molecular flexibility index (Phi) is 6.79. The van der Waals surface area contributed by atoms with Gasteiger partial charge >= 0.3 is 0 Å². The Hall–Kier alpha value is -3.30. The Morgan fingerprint density at radius 3 is 2.09 bits per heavy atom. The van der Waals surface area contributed by atoms with Gasteiger partial charge in [0.1, 0.15) is 11.6 Å². The summed E-state index contributed by atoms with van der Waals surface area (Å²) in [7, 11) is 4.09. The summed E-state index contributed by atoms with van der Waals surface area (Å²) in [5, 5.41) is 4.17. The quantitative estimate of drug-likeness (QED) is 0.283. The lowest BCUT2D eigenvalue weighted by Gasteiger charge is -2.20. The van der Waals surface area contributed by atoms with Crippen molar-refractivity contribution in [1.29, 1.82) is 0 Å². The zero-order chi connectivity index (χ0) is 24.4. The van der Waals surface area contributed by atoms with Crippen molar-refractivity contribution >= 4 is 0 Å². The maximum Gasteiger partial charge on any atom is 0.125 e. The number of nitrogens with one attached hydrogen (secondary N) is 4. The zero-order valence-corrected chi connectivity index (χ0v) is 20.8. The monoisotopic (exact) mass is 470 g/mol. The first-order valence-corrected chi connectivity index (χ1v) is 12.3. The molecule has 2 aromatic heterocycles. The topological polar surface area (TPSA) is 87.9 Å². The van der Waals surface area contributed by atoms with E-state index in [0.29, 0.717) is 0 Å². The highest BCUT2D eigenvalue weighted by molar-refractivity contribution is 5.71. The first-order valence-electron chi connectivity index (χ1n) is 12.3. The summed E-state index contributed by atoms with van der Waals surface area (Å²) in [6.45, 7) is 6.18. The lowest BCUT2D eigenvalue weighted by Crippen LogP contribution is -2.36. The van der Waals surface area contributed by atoms with Crippen molar-refractivity contribution in [2.75, 3.05) is 27.2 Å². The van der Waals surface area contributed by atoms with Gasteiger partial charge in [-0.1, -0.05) is 55.5 Å². The largest absolute Gasteiger partial charge is 0.341 e. The molecule has 0 amide bonds. The minimum atomic E-state index is 0.119. The Morgan fingerprint density at radius 2 is 1.51 bits per heavy atom. The van der Waals surface area contributed by atoms with Crippen LogP contribution in [0.3, 0.4) is 0 Å². The van der Waals surface area contributed by atoms with Gasteiger partial charge in [-0.05, 0) is 35.6 Å². The summed E-state index contributed by atoms with van der Waals surface area (Å²) >= 11 is 0. The molecule has 4 aromatic rings. The van der Waals surface area contributed by atoms with Crippen molar-refractivity contribution < 1.29 is 0 Å². The highest BCUT2D eigenvalue weighted by Gasteiger charge is 2.23. The van der Waals surface area contributed by atoms with Crippen LogP contribution in [0.25, 0.3) is 33.6 Å². The predicted octanol–water partition coefficient (Wildman–Crippen LogP) is 4.53. The molecule has 0 radical (unpaired) electrons. The van der Waals surface area contributed by atoms with Gasteiger partial charge < -0.3 is 9.97 Å². The number of hydrazine groups is 2. The van der Waals surface area contributed by atoms with Gasteiger partial charge in [-0.3, -0.25) is 0 Å². The molecule has 5 rings (SSSR count). The molecule has 1 aliphatic rings. The molecule has 0 aliphatic carbocycles. The molecule has 8 heteroatoms. The third-order valence-corrected chi connectivity index (χ3v) is 6.67. The minimum absolute atomic E-state index is 0.119. The summed E-state index contributed by atoms with van der Waals surface area (Å²) in [6.07, 6.45) is 4.89. The Labute approximate surface area is 206 Å². The number of imidazole rings is 2. The molecule has 2 atom stereocenters. The van der Waals surface area contributed by atoms with Crippen LogP contribution in [0, 0.1) is 0 Å². The first-order chi connectivity index (χ1) is 17.0. The fourth-order valence-corrected chi connectivity index (χ4v) is 4.45. The summed E-state index contributed by atoms with van der Waals surface area (Å²) in [5.41, 5.74) is 13.5. The summed E-state index contributed by atoms with van der Waals surface area (Å²) in [6, 6.07) is 17.6. The van der Waals surface area contributed by atoms with Gasteiger partial charge in [0, 0.05) is 27.2 Å². The van der Waals surface area contributed by atoms with Gasteiger partial charge in [0.15, 0.2) is 0 Å². The molecule has 0 bridgehead atoms. The highest BCUT2D eigenvalue weighted by atomic mass is 15.5. The van der Waals surface area contributed by atoms with E-state index >= 15 is 0 Å². The molecule has 4 N–H and O–H groups in total. The second-order valence-corrected chi connectivity index (χ2v) is 9.28.